The van der Waals surface area contributed by atoms with Crippen LogP contribution in [-0.2, 0) is 49.3 Å². The van der Waals surface area contributed by atoms with Crippen LogP contribution in [0.5, 0.6) is 5.75 Å². The molecule has 5 rings (SSSR count). The van der Waals surface area contributed by atoms with Crippen molar-refractivity contribution >= 4 is 36.1 Å². The van der Waals surface area contributed by atoms with Gasteiger partial charge in [-0.1, -0.05) is 48.6 Å². The Morgan fingerprint density at radius 2 is 1.51 bits per heavy atom. The van der Waals surface area contributed by atoms with Crippen molar-refractivity contribution in [2.75, 3.05) is 13.7 Å². The van der Waals surface area contributed by atoms with Crippen molar-refractivity contribution < 1.29 is 47.6 Å². The van der Waals surface area contributed by atoms with Gasteiger partial charge in [-0.05, 0) is 28.8 Å². The van der Waals surface area contributed by atoms with Crippen LogP contribution in [-0.4, -0.2) is 66.6 Å². The maximum absolute atomic E-state index is 12.6. The van der Waals surface area contributed by atoms with E-state index in [-0.39, 0.29) is 10.2 Å². The number of hydrogen-bond acceptors (Lipinski definition) is 12. The van der Waals surface area contributed by atoms with Gasteiger partial charge in [0.25, 0.3) is 0 Å². The average molecular weight is 661 g/mol. The first-order valence-electron chi connectivity index (χ1n) is 14.7. The van der Waals surface area contributed by atoms with Gasteiger partial charge in [-0.25, -0.2) is 0 Å². The molecule has 1 fully saturated rings. The Bertz CT molecular complexity index is 1840. The van der Waals surface area contributed by atoms with Gasteiger partial charge in [0.2, 0.25) is 0 Å². The van der Waals surface area contributed by atoms with Gasteiger partial charge in [-0.15, -0.1) is 0 Å². The average Bonchev–Trinajstić information content (AvgIpc) is 3.40. The number of methoxy groups -OCH3 is 1. The fourth-order valence-electron chi connectivity index (χ4n) is 6.14. The summed E-state index contributed by atoms with van der Waals surface area (Å²) >= 11 is 6.03. The molecule has 2 heterocycles. The van der Waals surface area contributed by atoms with Gasteiger partial charge in [0.05, 0.1) is 18.4 Å². The Balaban J connectivity index is 1.82. The Kier molecular flexibility index (Phi) is 9.74. The summed E-state index contributed by atoms with van der Waals surface area (Å²) in [6.07, 6.45) is -6.29. The van der Waals surface area contributed by atoms with Crippen LogP contribution in [0, 0.1) is 16.0 Å². The number of esters is 4. The van der Waals surface area contributed by atoms with E-state index in [1.54, 1.807) is 23.8 Å². The van der Waals surface area contributed by atoms with Crippen LogP contribution < -0.4 is 4.74 Å². The molecule has 0 unspecified atom stereocenters. The zero-order valence-corrected chi connectivity index (χ0v) is 27.1. The lowest BCUT2D eigenvalue weighted by Gasteiger charge is -2.45. The number of benzene rings is 2. The number of pyridine rings is 1. The van der Waals surface area contributed by atoms with Gasteiger partial charge in [0, 0.05) is 45.2 Å². The number of carbonyl (C=O) groups excluding carboxylic acids is 4. The van der Waals surface area contributed by atoms with Crippen LogP contribution in [0.3, 0.4) is 0 Å². The minimum absolute atomic E-state index is 0.0506. The molecular formula is C34H32N2O10S. The number of ether oxygens (including phenoxy) is 6. The predicted molar refractivity (Wildman–Crippen MR) is 167 cm³/mol. The summed E-state index contributed by atoms with van der Waals surface area (Å²) in [5, 5.41) is 10.6. The van der Waals surface area contributed by atoms with Crippen LogP contribution in [0.1, 0.15) is 50.6 Å². The maximum atomic E-state index is 12.6. The third-order valence-corrected chi connectivity index (χ3v) is 8.26. The molecule has 0 radical (unpaired) electrons. The number of fused-ring (bicyclic) bond motifs is 3. The van der Waals surface area contributed by atoms with Crippen LogP contribution in [0.15, 0.2) is 48.5 Å². The molecule has 13 heteroatoms. The first-order chi connectivity index (χ1) is 22.4. The molecule has 3 aromatic rings. The van der Waals surface area contributed by atoms with E-state index in [2.05, 4.69) is 6.07 Å². The highest BCUT2D eigenvalue weighted by atomic mass is 32.1. The molecule has 2 aliphatic rings. The topological polar surface area (TPSA) is 152 Å². The van der Waals surface area contributed by atoms with E-state index in [1.807, 2.05) is 36.4 Å². The summed E-state index contributed by atoms with van der Waals surface area (Å²) in [6, 6.07) is 17.1. The summed E-state index contributed by atoms with van der Waals surface area (Å²) in [7, 11) is 1.56. The molecule has 12 nitrogen and oxygen atoms in total. The SMILES string of the molecule is COc1ccc(-c2c3c(n([C@@H]4O[C@H](COC(C)=O)[C@H](OC(C)=O)[C@@H](OC(C)=O)[C@H]4OC(C)=O)c(=S)c2C#N)-c2ccccc2C3)cc1. The normalized spacial score (nSPS) is 21.0. The van der Waals surface area contributed by atoms with E-state index in [9.17, 15) is 24.4 Å². The van der Waals surface area contributed by atoms with Crippen LogP contribution in [0.2, 0.25) is 0 Å². The van der Waals surface area contributed by atoms with Gasteiger partial charge in [0.1, 0.15) is 29.2 Å². The largest absolute Gasteiger partial charge is 0.497 e. The predicted octanol–water partition coefficient (Wildman–Crippen LogP) is 4.59. The minimum atomic E-state index is -1.42. The van der Waals surface area contributed by atoms with E-state index in [4.69, 9.17) is 40.6 Å². The Hall–Kier alpha value is -5.06. The zero-order valence-electron chi connectivity index (χ0n) is 26.3. The molecule has 244 valence electrons. The third kappa shape index (κ3) is 6.61. The number of rotatable bonds is 8. The molecule has 1 saturated heterocycles. The van der Waals surface area contributed by atoms with E-state index in [0.29, 0.717) is 23.4 Å². The van der Waals surface area contributed by atoms with Crippen molar-refractivity contribution in [3.8, 4) is 34.2 Å². The van der Waals surface area contributed by atoms with E-state index >= 15 is 0 Å². The zero-order chi connectivity index (χ0) is 34.0. The number of carbonyl (C=O) groups is 4. The molecular weight excluding hydrogens is 628 g/mol. The lowest BCUT2D eigenvalue weighted by atomic mass is 9.93. The van der Waals surface area contributed by atoms with Crippen molar-refractivity contribution in [2.24, 2.45) is 0 Å². The van der Waals surface area contributed by atoms with Gasteiger partial charge in [-0.3, -0.25) is 19.2 Å². The van der Waals surface area contributed by atoms with E-state index in [0.717, 1.165) is 36.1 Å². The first kappa shape index (κ1) is 33.3. The summed E-state index contributed by atoms with van der Waals surface area (Å²) in [6.45, 7) is 4.26. The molecule has 0 bridgehead atoms. The number of nitriles is 1. The van der Waals surface area contributed by atoms with Gasteiger partial charge < -0.3 is 33.0 Å². The lowest BCUT2D eigenvalue weighted by Crippen LogP contribution is -2.60. The van der Waals surface area contributed by atoms with Crippen LogP contribution in [0.25, 0.3) is 22.4 Å². The monoisotopic (exact) mass is 660 g/mol. The molecule has 1 aromatic heterocycles. The minimum Gasteiger partial charge on any atom is -0.497 e. The fraction of sp³-hybridized carbons (Fsp3) is 0.353. The fourth-order valence-corrected chi connectivity index (χ4v) is 6.48. The Labute approximate surface area is 275 Å². The van der Waals surface area contributed by atoms with Crippen molar-refractivity contribution in [3.05, 3.63) is 69.9 Å². The van der Waals surface area contributed by atoms with Crippen molar-refractivity contribution in [2.45, 2.75) is 64.8 Å². The van der Waals surface area contributed by atoms with Crippen LogP contribution in [0.4, 0.5) is 0 Å². The summed E-state index contributed by atoms with van der Waals surface area (Å²) < 4.78 is 35.7. The standard InChI is InChI=1S/C34H32N2O10S/c1-17(37)42-16-27-30(43-18(2)38)31(44-19(3)39)32(45-20(4)40)33(46-27)36-29-24-9-7-6-8-22(24)14-25(29)28(26(15-35)34(36)47)21-10-12-23(41-5)13-11-21/h6-13,27,30-33H,14,16H2,1-5H3/t27-,30+,31-,32-,33-/m1/s1. The molecule has 1 aliphatic carbocycles. The van der Waals surface area contributed by atoms with Gasteiger partial charge in [-0.2, -0.15) is 5.26 Å². The second-order valence-electron chi connectivity index (χ2n) is 11.0. The summed E-state index contributed by atoms with van der Waals surface area (Å²) in [5.74, 6) is -2.26. The summed E-state index contributed by atoms with van der Waals surface area (Å²) in [5.41, 5.74) is 4.59. The molecule has 2 aromatic carbocycles. The van der Waals surface area contributed by atoms with Gasteiger partial charge in [0.15, 0.2) is 24.5 Å². The quantitative estimate of drug-likeness (QED) is 0.148. The maximum Gasteiger partial charge on any atom is 0.303 e. The van der Waals surface area contributed by atoms with Crippen molar-refractivity contribution in [3.63, 3.8) is 0 Å². The first-order valence-corrected chi connectivity index (χ1v) is 15.1. The number of hydrogen-bond donors (Lipinski definition) is 0. The molecule has 0 N–H and O–H groups in total. The highest BCUT2D eigenvalue weighted by molar-refractivity contribution is 7.71. The number of aromatic nitrogens is 1. The molecule has 1 aliphatic heterocycles. The van der Waals surface area contributed by atoms with Crippen molar-refractivity contribution in [1.29, 1.82) is 5.26 Å². The Morgan fingerprint density at radius 1 is 0.894 bits per heavy atom. The van der Waals surface area contributed by atoms with Gasteiger partial charge >= 0.3 is 23.9 Å². The molecule has 0 saturated carbocycles. The van der Waals surface area contributed by atoms with E-state index in [1.165, 1.54) is 13.8 Å². The second kappa shape index (κ2) is 13.7. The lowest BCUT2D eigenvalue weighted by molar-refractivity contribution is -0.268. The molecule has 47 heavy (non-hydrogen) atoms. The number of nitrogens with zero attached hydrogens (tertiary/aromatic N) is 2. The molecule has 0 amide bonds. The third-order valence-electron chi connectivity index (χ3n) is 7.86. The van der Waals surface area contributed by atoms with E-state index < -0.39 is 61.1 Å². The summed E-state index contributed by atoms with van der Waals surface area (Å²) in [4.78, 5) is 49.2. The van der Waals surface area contributed by atoms with Crippen molar-refractivity contribution in [1.82, 2.24) is 4.57 Å². The van der Waals surface area contributed by atoms with Crippen LogP contribution >= 0.6 is 12.2 Å². The Morgan fingerprint density at radius 3 is 2.11 bits per heavy atom. The smallest absolute Gasteiger partial charge is 0.303 e. The molecule has 5 atom stereocenters. The highest BCUT2D eigenvalue weighted by Crippen LogP contribution is 2.47. The second-order valence-corrected chi connectivity index (χ2v) is 11.4. The highest BCUT2D eigenvalue weighted by Gasteiger charge is 2.53. The molecule has 0 spiro atoms.